The Morgan fingerprint density at radius 1 is 0.829 bits per heavy atom. The summed E-state index contributed by atoms with van der Waals surface area (Å²) >= 11 is 0. The Bertz CT molecular complexity index is 992. The Morgan fingerprint density at radius 2 is 1.34 bits per heavy atom. The number of benzene rings is 1. The molecule has 2 aliphatic rings. The van der Waals surface area contributed by atoms with Gasteiger partial charge in [0.05, 0.1) is 0 Å². The fourth-order valence-electron chi connectivity index (χ4n) is 4.59. The molecular formula is C24H26F6N4O. The lowest BCUT2D eigenvalue weighted by molar-refractivity contribution is -0.150. The van der Waals surface area contributed by atoms with Gasteiger partial charge in [-0.3, -0.25) is 4.79 Å². The lowest BCUT2D eigenvalue weighted by atomic mass is 9.90. The van der Waals surface area contributed by atoms with Crippen LogP contribution in [0.2, 0.25) is 0 Å². The summed E-state index contributed by atoms with van der Waals surface area (Å²) in [6.45, 7) is 2.02. The number of carbonyl (C=O) groups excluding carboxylic acids is 1. The number of pyridine rings is 1. The summed E-state index contributed by atoms with van der Waals surface area (Å²) in [6.07, 6.45) is -5.58. The van der Waals surface area contributed by atoms with Crippen molar-refractivity contribution >= 4 is 17.3 Å². The molecule has 5 nitrogen and oxygen atoms in total. The smallest absolute Gasteiger partial charge is 0.382 e. The van der Waals surface area contributed by atoms with E-state index in [1.54, 1.807) is 12.1 Å². The van der Waals surface area contributed by atoms with Gasteiger partial charge in [-0.05, 0) is 74.9 Å². The molecule has 2 fully saturated rings. The van der Waals surface area contributed by atoms with Crippen LogP contribution in [0.4, 0.5) is 37.7 Å². The van der Waals surface area contributed by atoms with Crippen LogP contribution in [0.1, 0.15) is 60.3 Å². The third-order valence-electron chi connectivity index (χ3n) is 6.44. The lowest BCUT2D eigenvalue weighted by Crippen LogP contribution is -2.40. The normalized spacial score (nSPS) is 21.1. The van der Waals surface area contributed by atoms with E-state index in [2.05, 4.69) is 20.5 Å². The largest absolute Gasteiger partial charge is 0.433 e. The van der Waals surface area contributed by atoms with Crippen molar-refractivity contribution in [1.82, 2.24) is 10.3 Å². The van der Waals surface area contributed by atoms with Crippen LogP contribution in [0.25, 0.3) is 0 Å². The molecule has 35 heavy (non-hydrogen) atoms. The van der Waals surface area contributed by atoms with Gasteiger partial charge in [0.25, 0.3) is 5.91 Å². The minimum Gasteiger partial charge on any atom is -0.382 e. The van der Waals surface area contributed by atoms with Gasteiger partial charge in [0, 0.05) is 42.1 Å². The number of alkyl halides is 6. The van der Waals surface area contributed by atoms with Gasteiger partial charge in [-0.25, -0.2) is 4.98 Å². The molecule has 2 N–H and O–H groups in total. The first-order valence-corrected chi connectivity index (χ1v) is 11.6. The minimum atomic E-state index is -4.99. The molecule has 0 spiro atoms. The number of nitrogens with zero attached hydrogens (tertiary/aromatic N) is 2. The van der Waals surface area contributed by atoms with Gasteiger partial charge in [0.15, 0.2) is 0 Å². The van der Waals surface area contributed by atoms with Gasteiger partial charge in [-0.1, -0.05) is 0 Å². The summed E-state index contributed by atoms with van der Waals surface area (Å²) in [4.78, 5) is 17.6. The maximum Gasteiger partial charge on any atom is 0.433 e. The van der Waals surface area contributed by atoms with E-state index in [1.807, 2.05) is 12.1 Å². The summed E-state index contributed by atoms with van der Waals surface area (Å²) in [7, 11) is 0. The molecule has 2 aromatic rings. The van der Waals surface area contributed by atoms with Crippen molar-refractivity contribution in [3.8, 4) is 0 Å². The first kappa shape index (κ1) is 25.1. The molecule has 0 bridgehead atoms. The highest BCUT2D eigenvalue weighted by molar-refractivity contribution is 5.94. The molecule has 0 atom stereocenters. The summed E-state index contributed by atoms with van der Waals surface area (Å²) in [5, 5.41) is 5.77. The number of hydrogen-bond acceptors (Lipinski definition) is 4. The second kappa shape index (κ2) is 9.94. The monoisotopic (exact) mass is 500 g/mol. The zero-order valence-electron chi connectivity index (χ0n) is 18.8. The summed E-state index contributed by atoms with van der Waals surface area (Å²) < 4.78 is 78.2. The van der Waals surface area contributed by atoms with Crippen LogP contribution < -0.4 is 15.5 Å². The average molecular weight is 500 g/mol. The summed E-state index contributed by atoms with van der Waals surface area (Å²) in [5.41, 5.74) is -1.82. The number of nitrogens with one attached hydrogen (secondary N) is 2. The highest BCUT2D eigenvalue weighted by Gasteiger charge is 2.39. The van der Waals surface area contributed by atoms with Gasteiger partial charge in [0.1, 0.15) is 11.4 Å². The topological polar surface area (TPSA) is 57.3 Å². The van der Waals surface area contributed by atoms with Gasteiger partial charge in [0.2, 0.25) is 0 Å². The Morgan fingerprint density at radius 3 is 1.86 bits per heavy atom. The van der Waals surface area contributed by atoms with Crippen LogP contribution >= 0.6 is 0 Å². The molecular weight excluding hydrogens is 474 g/mol. The van der Waals surface area contributed by atoms with Crippen LogP contribution in [0.15, 0.2) is 36.4 Å². The molecule has 11 heteroatoms. The van der Waals surface area contributed by atoms with Crippen molar-refractivity contribution in [2.45, 2.75) is 63.0 Å². The molecule has 1 aromatic carbocycles. The molecule has 1 saturated carbocycles. The van der Waals surface area contributed by atoms with Gasteiger partial charge < -0.3 is 15.5 Å². The fraction of sp³-hybridized carbons (Fsp3) is 0.500. The number of aromatic nitrogens is 1. The molecule has 1 amide bonds. The van der Waals surface area contributed by atoms with Gasteiger partial charge >= 0.3 is 12.4 Å². The predicted molar refractivity (Wildman–Crippen MR) is 119 cm³/mol. The average Bonchev–Trinajstić information content (AvgIpc) is 3.34. The van der Waals surface area contributed by atoms with Crippen molar-refractivity contribution in [3.63, 3.8) is 0 Å². The van der Waals surface area contributed by atoms with Crippen LogP contribution in [0, 0.1) is 0 Å². The van der Waals surface area contributed by atoms with Crippen molar-refractivity contribution in [3.05, 3.63) is 53.3 Å². The number of carbonyl (C=O) groups is 1. The Hall–Kier alpha value is -2.98. The number of hydrogen-bond donors (Lipinski definition) is 2. The quantitative estimate of drug-likeness (QED) is 0.504. The number of rotatable bonds is 5. The standard InChI is InChI=1S/C24H26F6N4O/c25-23(26,27)20-13-18(14-21(33-20)24(28,29)30)31-16-5-7-17(8-6-16)32-22(35)15-3-9-19(10-4-15)34-11-1-2-12-34/h3-4,9-10,13-14,16-17H,1-2,5-8,11-12H2,(H,31,33)(H,32,35). The Labute approximate surface area is 198 Å². The maximum absolute atomic E-state index is 13.0. The van der Waals surface area contributed by atoms with E-state index in [0.717, 1.165) is 31.6 Å². The van der Waals surface area contributed by atoms with Crippen LogP contribution in [0.3, 0.4) is 0 Å². The van der Waals surface area contributed by atoms with E-state index < -0.39 is 23.7 Å². The first-order chi connectivity index (χ1) is 16.5. The molecule has 0 radical (unpaired) electrons. The summed E-state index contributed by atoms with van der Waals surface area (Å²) in [5.74, 6) is -0.201. The van der Waals surface area contributed by atoms with Crippen molar-refractivity contribution in [2.75, 3.05) is 23.3 Å². The van der Waals surface area contributed by atoms with E-state index in [0.29, 0.717) is 43.4 Å². The molecule has 0 unspecified atom stereocenters. The van der Waals surface area contributed by atoms with E-state index in [1.165, 1.54) is 0 Å². The molecule has 1 aliphatic carbocycles. The molecule has 1 aromatic heterocycles. The van der Waals surface area contributed by atoms with E-state index >= 15 is 0 Å². The molecule has 4 rings (SSSR count). The van der Waals surface area contributed by atoms with E-state index in [9.17, 15) is 31.1 Å². The number of halogens is 6. The summed E-state index contributed by atoms with van der Waals surface area (Å²) in [6, 6.07) is 8.19. The zero-order chi connectivity index (χ0) is 25.2. The van der Waals surface area contributed by atoms with Crippen molar-refractivity contribution in [2.24, 2.45) is 0 Å². The third-order valence-corrected chi connectivity index (χ3v) is 6.44. The predicted octanol–water partition coefficient (Wildman–Crippen LogP) is 5.87. The maximum atomic E-state index is 13.0. The highest BCUT2D eigenvalue weighted by atomic mass is 19.4. The number of amides is 1. The van der Waals surface area contributed by atoms with Crippen LogP contribution in [0.5, 0.6) is 0 Å². The lowest BCUT2D eigenvalue weighted by Gasteiger charge is -2.30. The second-order valence-corrected chi connectivity index (χ2v) is 9.03. The van der Waals surface area contributed by atoms with Crippen molar-refractivity contribution < 1.29 is 31.1 Å². The minimum absolute atomic E-state index is 0.118. The van der Waals surface area contributed by atoms with Crippen LogP contribution in [-0.2, 0) is 12.4 Å². The van der Waals surface area contributed by atoms with E-state index in [-0.39, 0.29) is 23.7 Å². The Balaban J connectivity index is 1.32. The van der Waals surface area contributed by atoms with Gasteiger partial charge in [-0.15, -0.1) is 0 Å². The zero-order valence-corrected chi connectivity index (χ0v) is 18.8. The fourth-order valence-corrected chi connectivity index (χ4v) is 4.59. The molecule has 190 valence electrons. The highest BCUT2D eigenvalue weighted by Crippen LogP contribution is 2.35. The SMILES string of the molecule is O=C(NC1CCC(Nc2cc(C(F)(F)F)nc(C(F)(F)F)c2)CC1)c1ccc(N2CCCC2)cc1. The first-order valence-electron chi connectivity index (χ1n) is 11.6. The molecule has 2 heterocycles. The molecule has 1 saturated heterocycles. The second-order valence-electron chi connectivity index (χ2n) is 9.03. The van der Waals surface area contributed by atoms with Gasteiger partial charge in [-0.2, -0.15) is 26.3 Å². The Kier molecular flexibility index (Phi) is 7.14. The number of anilines is 2. The third kappa shape index (κ3) is 6.37. The van der Waals surface area contributed by atoms with Crippen molar-refractivity contribution in [1.29, 1.82) is 0 Å². The molecule has 1 aliphatic heterocycles. The van der Waals surface area contributed by atoms with E-state index in [4.69, 9.17) is 0 Å². The van der Waals surface area contributed by atoms with Crippen LogP contribution in [-0.4, -0.2) is 36.1 Å².